The average Bonchev–Trinajstić information content (AvgIpc) is 2.81. The van der Waals surface area contributed by atoms with Crippen molar-refractivity contribution in [3.8, 4) is 11.4 Å². The Kier molecular flexibility index (Phi) is 3.34. The topological polar surface area (TPSA) is 25.8 Å². The molecule has 1 aliphatic rings. The van der Waals surface area contributed by atoms with Gasteiger partial charge < -0.3 is 0 Å². The summed E-state index contributed by atoms with van der Waals surface area (Å²) < 4.78 is 1.09. The predicted octanol–water partition coefficient (Wildman–Crippen LogP) is 4.61. The van der Waals surface area contributed by atoms with Gasteiger partial charge in [0.05, 0.1) is 5.69 Å². The number of halogens is 2. The number of rotatable bonds is 1. The monoisotopic (exact) mass is 340 g/mol. The van der Waals surface area contributed by atoms with Crippen molar-refractivity contribution in [1.29, 1.82) is 0 Å². The molecule has 0 saturated heterocycles. The molecule has 2 nitrogen and oxygen atoms in total. The van der Waals surface area contributed by atoms with Crippen LogP contribution in [0, 0.1) is 6.92 Å². The van der Waals surface area contributed by atoms with Crippen molar-refractivity contribution in [2.75, 3.05) is 0 Å². The third-order valence-electron chi connectivity index (χ3n) is 2.94. The van der Waals surface area contributed by atoms with Gasteiger partial charge in [0, 0.05) is 27.1 Å². The number of aryl methyl sites for hydroxylation is 1. The maximum Gasteiger partial charge on any atom is 0.161 e. The summed E-state index contributed by atoms with van der Waals surface area (Å²) in [6.07, 6.45) is 0. The van der Waals surface area contributed by atoms with E-state index >= 15 is 0 Å². The van der Waals surface area contributed by atoms with Crippen LogP contribution in [0.1, 0.15) is 16.8 Å². The van der Waals surface area contributed by atoms with Crippen LogP contribution in [0.15, 0.2) is 22.7 Å². The van der Waals surface area contributed by atoms with Crippen molar-refractivity contribution in [1.82, 2.24) is 9.97 Å². The largest absolute Gasteiger partial charge is 0.232 e. The second kappa shape index (κ2) is 4.83. The average molecular weight is 342 g/mol. The Morgan fingerprint density at radius 2 is 2.11 bits per heavy atom. The van der Waals surface area contributed by atoms with E-state index in [1.165, 1.54) is 5.56 Å². The first-order chi connectivity index (χ1) is 8.65. The molecule has 18 heavy (non-hydrogen) atoms. The zero-order valence-electron chi connectivity index (χ0n) is 9.70. The lowest BCUT2D eigenvalue weighted by Gasteiger charge is -2.06. The molecule has 2 aromatic rings. The van der Waals surface area contributed by atoms with Crippen molar-refractivity contribution < 1.29 is 0 Å². The fraction of sp³-hybridized carbons (Fsp3) is 0.231. The molecule has 1 aromatic heterocycles. The number of nitrogens with zero attached hydrogens (tertiary/aromatic N) is 2. The summed E-state index contributed by atoms with van der Waals surface area (Å²) in [6, 6.07) is 6.10. The standard InChI is InChI=1S/C13H10BrClN2S/c1-7-4-8(2-3-10(7)14)13-16-11-6-18-5-9(11)12(15)17-13/h2-4H,5-6H2,1H3. The summed E-state index contributed by atoms with van der Waals surface area (Å²) in [7, 11) is 0. The van der Waals surface area contributed by atoms with Crippen molar-refractivity contribution in [2.24, 2.45) is 0 Å². The van der Waals surface area contributed by atoms with Gasteiger partial charge in [0.25, 0.3) is 0 Å². The van der Waals surface area contributed by atoms with E-state index in [0.29, 0.717) is 5.15 Å². The zero-order chi connectivity index (χ0) is 12.7. The number of hydrogen-bond acceptors (Lipinski definition) is 3. The Morgan fingerprint density at radius 3 is 2.89 bits per heavy atom. The number of fused-ring (bicyclic) bond motifs is 1. The van der Waals surface area contributed by atoms with E-state index in [-0.39, 0.29) is 0 Å². The van der Waals surface area contributed by atoms with E-state index in [2.05, 4.69) is 38.9 Å². The van der Waals surface area contributed by atoms with Gasteiger partial charge in [0.15, 0.2) is 5.82 Å². The molecule has 5 heteroatoms. The number of thioether (sulfide) groups is 1. The van der Waals surface area contributed by atoms with Gasteiger partial charge in [-0.05, 0) is 24.6 Å². The van der Waals surface area contributed by atoms with Gasteiger partial charge >= 0.3 is 0 Å². The molecular weight excluding hydrogens is 332 g/mol. The van der Waals surface area contributed by atoms with E-state index in [1.807, 2.05) is 23.9 Å². The maximum absolute atomic E-state index is 6.22. The quantitative estimate of drug-likeness (QED) is 0.708. The minimum atomic E-state index is 0.598. The third-order valence-corrected chi connectivity index (χ3v) is 5.12. The Hall–Kier alpha value is -0.580. The van der Waals surface area contributed by atoms with Crippen LogP contribution in [0.3, 0.4) is 0 Å². The molecule has 1 aromatic carbocycles. The third kappa shape index (κ3) is 2.17. The van der Waals surface area contributed by atoms with Crippen LogP contribution in [0.25, 0.3) is 11.4 Å². The van der Waals surface area contributed by atoms with Crippen LogP contribution in [0.2, 0.25) is 5.15 Å². The van der Waals surface area contributed by atoms with Gasteiger partial charge in [-0.25, -0.2) is 9.97 Å². The highest BCUT2D eigenvalue weighted by molar-refractivity contribution is 9.10. The van der Waals surface area contributed by atoms with Crippen LogP contribution < -0.4 is 0 Å². The molecule has 0 saturated carbocycles. The molecule has 0 amide bonds. The van der Waals surface area contributed by atoms with Crippen molar-refractivity contribution in [3.05, 3.63) is 44.6 Å². The fourth-order valence-electron chi connectivity index (χ4n) is 1.92. The Labute approximate surface area is 123 Å². The van der Waals surface area contributed by atoms with Crippen molar-refractivity contribution >= 4 is 39.3 Å². The van der Waals surface area contributed by atoms with Crippen molar-refractivity contribution in [3.63, 3.8) is 0 Å². The molecule has 0 bridgehead atoms. The molecule has 0 atom stereocenters. The van der Waals surface area contributed by atoms with E-state index < -0.39 is 0 Å². The normalized spacial score (nSPS) is 13.7. The molecule has 0 aliphatic carbocycles. The second-order valence-corrected chi connectivity index (χ2v) is 6.42. The smallest absolute Gasteiger partial charge is 0.161 e. The molecule has 0 unspecified atom stereocenters. The Morgan fingerprint density at radius 1 is 1.28 bits per heavy atom. The molecule has 0 fully saturated rings. The molecule has 0 radical (unpaired) electrons. The van der Waals surface area contributed by atoms with Crippen molar-refractivity contribution in [2.45, 2.75) is 18.4 Å². The fourth-order valence-corrected chi connectivity index (χ4v) is 3.55. The zero-order valence-corrected chi connectivity index (χ0v) is 12.9. The first-order valence-electron chi connectivity index (χ1n) is 5.54. The molecule has 3 rings (SSSR count). The van der Waals surface area contributed by atoms with Crippen LogP contribution in [-0.4, -0.2) is 9.97 Å². The van der Waals surface area contributed by atoms with E-state index in [4.69, 9.17) is 11.6 Å². The van der Waals surface area contributed by atoms with E-state index in [1.54, 1.807) is 0 Å². The molecule has 92 valence electrons. The molecule has 2 heterocycles. The van der Waals surface area contributed by atoms with Gasteiger partial charge in [-0.3, -0.25) is 0 Å². The number of benzene rings is 1. The molecule has 0 spiro atoms. The van der Waals surface area contributed by atoms with Crippen LogP contribution in [0.4, 0.5) is 0 Å². The number of hydrogen-bond donors (Lipinski definition) is 0. The first kappa shape index (κ1) is 12.5. The summed E-state index contributed by atoms with van der Waals surface area (Å²) >= 11 is 11.6. The minimum absolute atomic E-state index is 0.598. The summed E-state index contributed by atoms with van der Waals surface area (Å²) in [4.78, 5) is 9.03. The van der Waals surface area contributed by atoms with Crippen LogP contribution in [0.5, 0.6) is 0 Å². The SMILES string of the molecule is Cc1cc(-c2nc(Cl)c3c(n2)CSC3)ccc1Br. The lowest BCUT2D eigenvalue weighted by molar-refractivity contribution is 1.07. The highest BCUT2D eigenvalue weighted by atomic mass is 79.9. The molecular formula is C13H10BrClN2S. The highest BCUT2D eigenvalue weighted by Crippen LogP contribution is 2.34. The van der Waals surface area contributed by atoms with Gasteiger partial charge in [-0.15, -0.1) is 0 Å². The Bertz CT molecular complexity index is 631. The summed E-state index contributed by atoms with van der Waals surface area (Å²) in [5, 5.41) is 0.598. The minimum Gasteiger partial charge on any atom is -0.232 e. The van der Waals surface area contributed by atoms with Gasteiger partial charge in [-0.2, -0.15) is 11.8 Å². The first-order valence-corrected chi connectivity index (χ1v) is 7.87. The summed E-state index contributed by atoms with van der Waals surface area (Å²) in [5.74, 6) is 2.57. The van der Waals surface area contributed by atoms with E-state index in [0.717, 1.165) is 38.6 Å². The highest BCUT2D eigenvalue weighted by Gasteiger charge is 2.19. The summed E-state index contributed by atoms with van der Waals surface area (Å²) in [5.41, 5.74) is 4.36. The lowest BCUT2D eigenvalue weighted by atomic mass is 10.1. The van der Waals surface area contributed by atoms with Gasteiger partial charge in [0.2, 0.25) is 0 Å². The Balaban J connectivity index is 2.12. The van der Waals surface area contributed by atoms with Gasteiger partial charge in [0.1, 0.15) is 5.15 Å². The maximum atomic E-state index is 6.22. The van der Waals surface area contributed by atoms with Crippen LogP contribution >= 0.6 is 39.3 Å². The lowest BCUT2D eigenvalue weighted by Crippen LogP contribution is -1.97. The van der Waals surface area contributed by atoms with Crippen LogP contribution in [-0.2, 0) is 11.5 Å². The summed E-state index contributed by atoms with van der Waals surface area (Å²) in [6.45, 7) is 2.05. The molecule has 0 N–H and O–H groups in total. The molecule has 1 aliphatic heterocycles. The van der Waals surface area contributed by atoms with E-state index in [9.17, 15) is 0 Å². The predicted molar refractivity (Wildman–Crippen MR) is 79.9 cm³/mol. The second-order valence-electron chi connectivity index (χ2n) is 4.22. The van der Waals surface area contributed by atoms with Gasteiger partial charge in [-0.1, -0.05) is 33.6 Å². The number of aromatic nitrogens is 2.